The first-order valence-corrected chi connectivity index (χ1v) is 13.8. The monoisotopic (exact) mass is 511 g/mol. The van der Waals surface area contributed by atoms with Crippen molar-refractivity contribution < 1.29 is 14.3 Å². The molecule has 5 rings (SSSR count). The molecule has 3 heterocycles. The van der Waals surface area contributed by atoms with Crippen LogP contribution in [0.4, 0.5) is 5.69 Å². The van der Waals surface area contributed by atoms with Crippen molar-refractivity contribution in [2.24, 2.45) is 0 Å². The molecular weight excluding hydrogens is 474 g/mol. The molecule has 1 unspecified atom stereocenters. The molecule has 0 spiro atoms. The van der Waals surface area contributed by atoms with Gasteiger partial charge in [0, 0.05) is 65.3 Å². The number of carbonyl (C=O) groups excluding carboxylic acids is 1. The van der Waals surface area contributed by atoms with Crippen molar-refractivity contribution in [3.05, 3.63) is 88.9 Å². The number of hydrogen-bond acceptors (Lipinski definition) is 5. The van der Waals surface area contributed by atoms with Crippen LogP contribution in [0, 0.1) is 6.92 Å². The molecule has 1 atom stereocenters. The molecule has 2 aromatic heterocycles. The summed E-state index contributed by atoms with van der Waals surface area (Å²) in [5.74, 6) is 0.334. The van der Waals surface area contributed by atoms with Crippen molar-refractivity contribution in [2.45, 2.75) is 59.6 Å². The number of pyridine rings is 1. The Hall–Kier alpha value is -3.80. The van der Waals surface area contributed by atoms with E-state index in [1.54, 1.807) is 12.3 Å². The molecule has 1 aliphatic rings. The second kappa shape index (κ2) is 10.5. The first kappa shape index (κ1) is 25.8. The smallest absolute Gasteiger partial charge is 0.341 e. The van der Waals surface area contributed by atoms with Crippen molar-refractivity contribution in [1.82, 2.24) is 9.55 Å². The Morgan fingerprint density at radius 1 is 1.03 bits per heavy atom. The lowest BCUT2D eigenvalue weighted by Crippen LogP contribution is -2.32. The van der Waals surface area contributed by atoms with Crippen molar-refractivity contribution in [3.63, 3.8) is 0 Å². The molecule has 0 saturated heterocycles. The number of unbranched alkanes of at least 4 members (excludes halogenated alkanes) is 1. The van der Waals surface area contributed by atoms with Gasteiger partial charge in [-0.15, -0.1) is 0 Å². The second-order valence-corrected chi connectivity index (χ2v) is 9.74. The van der Waals surface area contributed by atoms with E-state index in [2.05, 4.69) is 73.6 Å². The molecular formula is C32H37N3O3. The van der Waals surface area contributed by atoms with Crippen LogP contribution in [0.2, 0.25) is 0 Å². The van der Waals surface area contributed by atoms with Crippen molar-refractivity contribution in [1.29, 1.82) is 0 Å². The Labute approximate surface area is 225 Å². The van der Waals surface area contributed by atoms with Gasteiger partial charge in [0.05, 0.1) is 12.2 Å². The fourth-order valence-electron chi connectivity index (χ4n) is 5.92. The number of anilines is 1. The molecule has 0 N–H and O–H groups in total. The van der Waals surface area contributed by atoms with Crippen LogP contribution >= 0.6 is 0 Å². The predicted octanol–water partition coefficient (Wildman–Crippen LogP) is 6.85. The maximum atomic E-state index is 13.5. The standard InChI is InChI=1S/C32H37N3O3/c1-6-10-20-35-22(5)29(24-14-11-12-16-27(24)35)32(30-25(31(36)38-32)15-13-19-33-30)26-18-17-23(34(7-2)8-3)21-28(26)37-9-4/h11-19,21H,6-10,20H2,1-5H3. The molecule has 2 aromatic carbocycles. The molecule has 4 aromatic rings. The lowest BCUT2D eigenvalue weighted by atomic mass is 9.80. The van der Waals surface area contributed by atoms with Gasteiger partial charge in [-0.1, -0.05) is 31.5 Å². The van der Waals surface area contributed by atoms with E-state index < -0.39 is 5.60 Å². The lowest BCUT2D eigenvalue weighted by molar-refractivity contribution is 0.0238. The molecule has 38 heavy (non-hydrogen) atoms. The number of aryl methyl sites for hydroxylation is 1. The van der Waals surface area contributed by atoms with Gasteiger partial charge in [-0.25, -0.2) is 4.79 Å². The zero-order valence-corrected chi connectivity index (χ0v) is 23.1. The van der Waals surface area contributed by atoms with Gasteiger partial charge in [0.15, 0.2) is 0 Å². The van der Waals surface area contributed by atoms with Crippen LogP contribution in [0.25, 0.3) is 10.9 Å². The fraction of sp³-hybridized carbons (Fsp3) is 0.375. The van der Waals surface area contributed by atoms with E-state index in [1.807, 2.05) is 19.1 Å². The largest absolute Gasteiger partial charge is 0.493 e. The van der Waals surface area contributed by atoms with Crippen LogP contribution in [0.3, 0.4) is 0 Å². The number of ether oxygens (including phenoxy) is 2. The highest BCUT2D eigenvalue weighted by Gasteiger charge is 2.54. The zero-order valence-electron chi connectivity index (χ0n) is 23.1. The third-order valence-corrected chi connectivity index (χ3v) is 7.70. The molecule has 1 aliphatic heterocycles. The zero-order chi connectivity index (χ0) is 26.9. The average molecular weight is 512 g/mol. The SMILES string of the molecule is CCCCn1c(C)c(C2(c3ccc(N(CC)CC)cc3OCC)OC(=O)c3cccnc32)c2ccccc21. The first-order chi connectivity index (χ1) is 18.5. The molecule has 0 fully saturated rings. The van der Waals surface area contributed by atoms with Gasteiger partial charge < -0.3 is 18.9 Å². The van der Waals surface area contributed by atoms with Gasteiger partial charge in [-0.3, -0.25) is 4.98 Å². The second-order valence-electron chi connectivity index (χ2n) is 9.74. The maximum Gasteiger partial charge on any atom is 0.341 e. The van der Waals surface area contributed by atoms with E-state index in [0.717, 1.165) is 65.9 Å². The summed E-state index contributed by atoms with van der Waals surface area (Å²) in [5, 5.41) is 1.06. The number of nitrogens with zero attached hydrogens (tertiary/aromatic N) is 3. The Bertz CT molecular complexity index is 1470. The third-order valence-electron chi connectivity index (χ3n) is 7.70. The number of aromatic nitrogens is 2. The minimum Gasteiger partial charge on any atom is -0.493 e. The van der Waals surface area contributed by atoms with Gasteiger partial charge in [0.25, 0.3) is 0 Å². The maximum absolute atomic E-state index is 13.5. The van der Waals surface area contributed by atoms with E-state index in [9.17, 15) is 4.79 Å². The summed E-state index contributed by atoms with van der Waals surface area (Å²) < 4.78 is 15.2. The average Bonchev–Trinajstić information content (AvgIpc) is 3.39. The Kier molecular flexibility index (Phi) is 7.15. The summed E-state index contributed by atoms with van der Waals surface area (Å²) >= 11 is 0. The summed E-state index contributed by atoms with van der Waals surface area (Å²) in [6, 6.07) is 18.2. The molecule has 0 radical (unpaired) electrons. The van der Waals surface area contributed by atoms with Crippen LogP contribution in [0.15, 0.2) is 60.8 Å². The number of rotatable bonds is 10. The highest BCUT2D eigenvalue weighted by molar-refractivity contribution is 5.98. The van der Waals surface area contributed by atoms with Gasteiger partial charge in [-0.05, 0) is 64.4 Å². The van der Waals surface area contributed by atoms with E-state index in [1.165, 1.54) is 0 Å². The Morgan fingerprint density at radius 2 is 1.82 bits per heavy atom. The van der Waals surface area contributed by atoms with Crippen LogP contribution in [0.1, 0.15) is 73.4 Å². The van der Waals surface area contributed by atoms with E-state index in [0.29, 0.717) is 23.6 Å². The lowest BCUT2D eigenvalue weighted by Gasteiger charge is -2.32. The summed E-state index contributed by atoms with van der Waals surface area (Å²) in [4.78, 5) is 20.6. The van der Waals surface area contributed by atoms with Crippen LogP contribution in [-0.4, -0.2) is 35.2 Å². The molecule has 198 valence electrons. The van der Waals surface area contributed by atoms with Gasteiger partial charge >= 0.3 is 5.97 Å². The Balaban J connectivity index is 1.88. The van der Waals surface area contributed by atoms with Crippen molar-refractivity contribution >= 4 is 22.6 Å². The minimum absolute atomic E-state index is 0.367. The summed E-state index contributed by atoms with van der Waals surface area (Å²) in [6.07, 6.45) is 3.89. The highest BCUT2D eigenvalue weighted by Crippen LogP contribution is 2.52. The minimum atomic E-state index is -1.23. The summed E-state index contributed by atoms with van der Waals surface area (Å²) in [7, 11) is 0. The highest BCUT2D eigenvalue weighted by atomic mass is 16.6. The van der Waals surface area contributed by atoms with Gasteiger partial charge in [-0.2, -0.15) is 0 Å². The number of benzene rings is 2. The van der Waals surface area contributed by atoms with Crippen LogP contribution in [-0.2, 0) is 16.9 Å². The molecule has 6 heteroatoms. The molecule has 6 nitrogen and oxygen atoms in total. The van der Waals surface area contributed by atoms with E-state index in [4.69, 9.17) is 14.5 Å². The predicted molar refractivity (Wildman–Crippen MR) is 152 cm³/mol. The first-order valence-electron chi connectivity index (χ1n) is 13.8. The normalized spacial score (nSPS) is 16.5. The summed E-state index contributed by atoms with van der Waals surface area (Å²) in [6.45, 7) is 13.8. The van der Waals surface area contributed by atoms with Gasteiger partial charge in [0.1, 0.15) is 11.4 Å². The fourth-order valence-corrected chi connectivity index (χ4v) is 5.92. The topological polar surface area (TPSA) is 56.6 Å². The van der Waals surface area contributed by atoms with Crippen molar-refractivity contribution in [3.8, 4) is 5.75 Å². The number of para-hydroxylation sites is 1. The molecule has 0 aliphatic carbocycles. The summed E-state index contributed by atoms with van der Waals surface area (Å²) in [5.41, 5.74) is 4.89. The molecule has 0 saturated carbocycles. The number of hydrogen-bond donors (Lipinski definition) is 0. The third kappa shape index (κ3) is 3.94. The van der Waals surface area contributed by atoms with Crippen LogP contribution in [0.5, 0.6) is 5.75 Å². The molecule has 0 bridgehead atoms. The number of fused-ring (bicyclic) bond motifs is 2. The van der Waals surface area contributed by atoms with E-state index in [-0.39, 0.29) is 5.97 Å². The quantitative estimate of drug-likeness (QED) is 0.218. The van der Waals surface area contributed by atoms with Crippen molar-refractivity contribution in [2.75, 3.05) is 24.6 Å². The number of carbonyl (C=O) groups is 1. The number of cyclic esters (lactones) is 1. The number of esters is 1. The Morgan fingerprint density at radius 3 is 2.55 bits per heavy atom. The molecule has 0 amide bonds. The van der Waals surface area contributed by atoms with Crippen LogP contribution < -0.4 is 9.64 Å². The van der Waals surface area contributed by atoms with Gasteiger partial charge in [0.2, 0.25) is 5.60 Å². The van der Waals surface area contributed by atoms with E-state index >= 15 is 0 Å².